The zero-order chi connectivity index (χ0) is 39.7. The topological polar surface area (TPSA) is 6.48 Å². The molecular weight excluding hydrogens is 740 g/mol. The molecule has 0 saturated heterocycles. The molecule has 2 aliphatic rings. The minimum atomic E-state index is -0.0400. The molecule has 0 atom stereocenters. The lowest BCUT2D eigenvalue weighted by molar-refractivity contribution is 0.590. The van der Waals surface area contributed by atoms with Gasteiger partial charge in [0.05, 0.1) is 10.7 Å². The van der Waals surface area contributed by atoms with Gasteiger partial charge in [-0.3, -0.25) is 0 Å². The third-order valence-electron chi connectivity index (χ3n) is 12.4. The lowest BCUT2D eigenvalue weighted by Crippen LogP contribution is -2.61. The molecule has 5 heteroatoms. The second-order valence-corrected chi connectivity index (χ2v) is 20.3. The van der Waals surface area contributed by atoms with E-state index in [1.807, 2.05) is 22.7 Å². The van der Waals surface area contributed by atoms with Gasteiger partial charge in [-0.05, 0) is 110 Å². The Labute approximate surface area is 350 Å². The molecule has 2 aromatic heterocycles. The Morgan fingerprint density at radius 1 is 0.500 bits per heavy atom. The summed E-state index contributed by atoms with van der Waals surface area (Å²) in [6.07, 6.45) is 0. The molecule has 4 heterocycles. The molecule has 0 spiro atoms. The lowest BCUT2D eigenvalue weighted by atomic mass is 9.43. The largest absolute Gasteiger partial charge is 0.376 e. The molecule has 0 fully saturated rings. The Kier molecular flexibility index (Phi) is 7.78. The maximum Gasteiger partial charge on any atom is 0.334 e. The van der Waals surface area contributed by atoms with Crippen LogP contribution < -0.4 is 20.6 Å². The summed E-state index contributed by atoms with van der Waals surface area (Å²) in [5, 5.41) is 5.27. The van der Waals surface area contributed by atoms with Crippen molar-refractivity contribution in [3.05, 3.63) is 162 Å². The van der Waals surface area contributed by atoms with Gasteiger partial charge in [0.25, 0.3) is 0 Å². The lowest BCUT2D eigenvalue weighted by Gasteiger charge is -2.45. The van der Waals surface area contributed by atoms with Gasteiger partial charge in [-0.1, -0.05) is 139 Å². The Morgan fingerprint density at radius 3 is 1.86 bits per heavy atom. The van der Waals surface area contributed by atoms with Gasteiger partial charge >= 0.3 is 6.85 Å². The summed E-state index contributed by atoms with van der Waals surface area (Å²) < 4.78 is 3.99. The summed E-state index contributed by atoms with van der Waals surface area (Å²) in [5.41, 5.74) is 16.9. The summed E-state index contributed by atoms with van der Waals surface area (Å²) in [6, 6.07) is 55.4. The van der Waals surface area contributed by atoms with Crippen LogP contribution in [0.25, 0.3) is 52.5 Å². The fourth-order valence-electron chi connectivity index (χ4n) is 9.53. The van der Waals surface area contributed by atoms with Crippen LogP contribution in [-0.2, 0) is 10.8 Å². The van der Waals surface area contributed by atoms with Crippen LogP contribution in [0.15, 0.2) is 146 Å². The number of hydrogen-bond acceptors (Lipinski definition) is 4. The summed E-state index contributed by atoms with van der Waals surface area (Å²) >= 11 is 3.86. The summed E-state index contributed by atoms with van der Waals surface area (Å²) in [4.78, 5) is 5.32. The van der Waals surface area contributed by atoms with Crippen LogP contribution in [0.1, 0.15) is 58.2 Å². The number of fused-ring (bicyclic) bond motifs is 10. The van der Waals surface area contributed by atoms with Crippen molar-refractivity contribution in [2.75, 3.05) is 9.71 Å². The van der Waals surface area contributed by atoms with Crippen molar-refractivity contribution in [2.45, 2.75) is 59.3 Å². The second kappa shape index (κ2) is 12.7. The van der Waals surface area contributed by atoms with E-state index in [1.54, 1.807) is 0 Å². The summed E-state index contributed by atoms with van der Waals surface area (Å²) in [6.45, 7) is 16.1. The number of nitrogens with zero attached hydrogens (tertiary/aromatic N) is 2. The van der Waals surface area contributed by atoms with E-state index in [4.69, 9.17) is 0 Å². The molecule has 7 aromatic carbocycles. The molecule has 0 bridgehead atoms. The molecule has 2 nitrogen and oxygen atoms in total. The zero-order valence-electron chi connectivity index (χ0n) is 34.1. The maximum atomic E-state index is 2.68. The van der Waals surface area contributed by atoms with Crippen molar-refractivity contribution in [3.63, 3.8) is 0 Å². The fraction of sp³-hybridized carbons (Fsp3) is 0.170. The van der Waals surface area contributed by atoms with Gasteiger partial charge in [0.15, 0.2) is 0 Å². The van der Waals surface area contributed by atoms with Gasteiger partial charge in [-0.2, -0.15) is 0 Å². The van der Waals surface area contributed by atoms with E-state index in [9.17, 15) is 0 Å². The Hall–Kier alpha value is -5.62. The Morgan fingerprint density at radius 2 is 1.14 bits per heavy atom. The number of rotatable bonds is 3. The van der Waals surface area contributed by atoms with Crippen LogP contribution in [-0.4, -0.2) is 6.85 Å². The zero-order valence-corrected chi connectivity index (χ0v) is 35.8. The molecule has 9 aromatic rings. The van der Waals surface area contributed by atoms with E-state index < -0.39 is 0 Å². The van der Waals surface area contributed by atoms with E-state index >= 15 is 0 Å². The van der Waals surface area contributed by atoms with Gasteiger partial charge in [0, 0.05) is 53.1 Å². The number of thiophene rings is 2. The second-order valence-electron chi connectivity index (χ2n) is 18.2. The van der Waals surface area contributed by atoms with Gasteiger partial charge in [0.2, 0.25) is 0 Å². The summed E-state index contributed by atoms with van der Waals surface area (Å²) in [5.74, 6) is 0. The molecule has 0 radical (unpaired) electrons. The van der Waals surface area contributed by atoms with E-state index in [0.717, 1.165) is 0 Å². The molecule has 0 unspecified atom stereocenters. The highest BCUT2D eigenvalue weighted by atomic mass is 32.1. The number of benzene rings is 7. The molecule has 2 aliphatic heterocycles. The van der Waals surface area contributed by atoms with Crippen LogP contribution in [0.3, 0.4) is 0 Å². The quantitative estimate of drug-likeness (QED) is 0.165. The highest BCUT2D eigenvalue weighted by molar-refractivity contribution is 7.27. The van der Waals surface area contributed by atoms with Crippen molar-refractivity contribution in [2.24, 2.45) is 0 Å². The van der Waals surface area contributed by atoms with Crippen molar-refractivity contribution >= 4 is 98.5 Å². The minimum absolute atomic E-state index is 0.00268. The van der Waals surface area contributed by atoms with Gasteiger partial charge in [-0.15, -0.1) is 22.7 Å². The highest BCUT2D eigenvalue weighted by Crippen LogP contribution is 2.54. The Bertz CT molecular complexity index is 3100. The van der Waals surface area contributed by atoms with Crippen molar-refractivity contribution in [1.82, 2.24) is 0 Å². The molecule has 282 valence electrons. The molecule has 0 saturated carbocycles. The van der Waals surface area contributed by atoms with Crippen LogP contribution in [0.4, 0.5) is 27.8 Å². The molecule has 0 amide bonds. The minimum Gasteiger partial charge on any atom is -0.376 e. The average molecular weight is 785 g/mol. The molecule has 11 rings (SSSR count). The predicted octanol–water partition coefficient (Wildman–Crippen LogP) is 14.5. The molecule has 58 heavy (non-hydrogen) atoms. The molecular formula is C53H45BN2S2. The molecule has 0 aliphatic carbocycles. The number of anilines is 5. The van der Waals surface area contributed by atoms with E-state index in [0.29, 0.717) is 0 Å². The highest BCUT2D eigenvalue weighted by Gasteiger charge is 2.48. The standard InChI is InChI=1S/C53H45BN2S2/c1-32-29-41-47-43(28-26-38-37-17-11-13-19-45(37)57-50(38)47)56(36-24-21-34(22-25-36)52(2,3)4)54-48(41)44(30-32)55(51-49(54)39-18-12-14-20-46(39)58-51)42-27-23-35(53(5,6)7)31-40(42)33-15-9-8-10-16-33/h8-31H,1-7H3. The first-order chi connectivity index (χ1) is 28.0. The number of aryl methyl sites for hydroxylation is 1. The molecule has 0 N–H and O–H groups in total. The predicted molar refractivity (Wildman–Crippen MR) is 256 cm³/mol. The smallest absolute Gasteiger partial charge is 0.334 e. The maximum absolute atomic E-state index is 2.68. The van der Waals surface area contributed by atoms with E-state index in [2.05, 4.69) is 204 Å². The van der Waals surface area contributed by atoms with Crippen molar-refractivity contribution in [1.29, 1.82) is 0 Å². The van der Waals surface area contributed by atoms with Gasteiger partial charge in [0.1, 0.15) is 0 Å². The average Bonchev–Trinajstić information content (AvgIpc) is 3.79. The van der Waals surface area contributed by atoms with Gasteiger partial charge in [-0.25, -0.2) is 0 Å². The SMILES string of the molecule is Cc1cc2c3c(c1)N(c1ccc(C(C)(C)C)cc1-c1ccccc1)c1sc4ccccc4c1B3N(c1ccc(C(C)(C)C)cc1)c1ccc3c(sc4ccccc43)c1-2. The van der Waals surface area contributed by atoms with Crippen molar-refractivity contribution < 1.29 is 0 Å². The first kappa shape index (κ1) is 35.5. The van der Waals surface area contributed by atoms with Gasteiger partial charge < -0.3 is 9.71 Å². The summed E-state index contributed by atoms with van der Waals surface area (Å²) in [7, 11) is 0. The van der Waals surface area contributed by atoms with Crippen molar-refractivity contribution in [3.8, 4) is 22.3 Å². The first-order valence-electron chi connectivity index (χ1n) is 20.5. The fourth-order valence-corrected chi connectivity index (χ4v) is 12.0. The van der Waals surface area contributed by atoms with Crippen LogP contribution in [0.5, 0.6) is 0 Å². The van der Waals surface area contributed by atoms with Crippen LogP contribution in [0.2, 0.25) is 0 Å². The normalized spacial score (nSPS) is 13.7. The third-order valence-corrected chi connectivity index (χ3v) is 14.8. The Balaban J connectivity index is 1.28. The van der Waals surface area contributed by atoms with E-state index in [1.165, 1.54) is 108 Å². The van der Waals surface area contributed by atoms with E-state index in [-0.39, 0.29) is 17.7 Å². The first-order valence-corrected chi connectivity index (χ1v) is 22.1. The monoisotopic (exact) mass is 784 g/mol. The van der Waals surface area contributed by atoms with Crippen LogP contribution in [0, 0.1) is 6.92 Å². The number of hydrogen-bond donors (Lipinski definition) is 0. The van der Waals surface area contributed by atoms with Crippen LogP contribution >= 0.6 is 22.7 Å². The third kappa shape index (κ3) is 5.29.